The van der Waals surface area contributed by atoms with Crippen molar-refractivity contribution in [3.63, 3.8) is 0 Å². The Morgan fingerprint density at radius 2 is 1.59 bits per heavy atom. The molecule has 3 rings (SSSR count). The summed E-state index contributed by atoms with van der Waals surface area (Å²) in [6, 6.07) is 16.7. The van der Waals surface area contributed by atoms with Crippen LogP contribution in [-0.4, -0.2) is 78.4 Å². The van der Waals surface area contributed by atoms with E-state index in [0.717, 1.165) is 45.0 Å². The minimum atomic E-state index is -0.277. The largest absolute Gasteiger partial charge is 0.455 e. The number of piperazine rings is 1. The summed E-state index contributed by atoms with van der Waals surface area (Å²) in [5.74, 6) is 1.43. The Morgan fingerprint density at radius 1 is 0.969 bits per heavy atom. The number of hydrogen-bond donors (Lipinski definition) is 1. The molecule has 0 saturated carbocycles. The van der Waals surface area contributed by atoms with Crippen LogP contribution in [0.15, 0.2) is 54.6 Å². The first-order valence-corrected chi connectivity index (χ1v) is 11.4. The van der Waals surface area contributed by atoms with Gasteiger partial charge in [-0.25, -0.2) is 0 Å². The van der Waals surface area contributed by atoms with E-state index in [1.807, 2.05) is 80.3 Å². The molecule has 1 N–H and O–H groups in total. The SMILES string of the molecule is CCN(CC)C(=O)CN1CCN(C(C)C(=O)Nc2ccccc2Oc2ccccc2)CC1. The van der Waals surface area contributed by atoms with E-state index in [9.17, 15) is 9.59 Å². The van der Waals surface area contributed by atoms with Gasteiger partial charge in [0.1, 0.15) is 5.75 Å². The quantitative estimate of drug-likeness (QED) is 0.651. The zero-order valence-corrected chi connectivity index (χ0v) is 19.3. The smallest absolute Gasteiger partial charge is 0.241 e. The molecule has 0 bridgehead atoms. The summed E-state index contributed by atoms with van der Waals surface area (Å²) in [7, 11) is 0. The number of hydrogen-bond acceptors (Lipinski definition) is 5. The molecule has 1 fully saturated rings. The first-order valence-electron chi connectivity index (χ1n) is 11.4. The van der Waals surface area contributed by atoms with Crippen LogP contribution in [0.4, 0.5) is 5.69 Å². The van der Waals surface area contributed by atoms with Gasteiger partial charge in [0.25, 0.3) is 0 Å². The summed E-state index contributed by atoms with van der Waals surface area (Å²) < 4.78 is 5.95. The third kappa shape index (κ3) is 6.31. The van der Waals surface area contributed by atoms with Crippen molar-refractivity contribution < 1.29 is 14.3 Å². The molecule has 0 aromatic heterocycles. The minimum absolute atomic E-state index is 0.0678. The summed E-state index contributed by atoms with van der Waals surface area (Å²) >= 11 is 0. The fraction of sp³-hybridized carbons (Fsp3) is 0.440. The number of carbonyl (C=O) groups is 2. The predicted molar refractivity (Wildman–Crippen MR) is 127 cm³/mol. The second kappa shape index (κ2) is 11.6. The van der Waals surface area contributed by atoms with E-state index in [0.29, 0.717) is 18.0 Å². The van der Waals surface area contributed by atoms with Crippen LogP contribution < -0.4 is 10.1 Å². The van der Waals surface area contributed by atoms with Gasteiger partial charge < -0.3 is 15.0 Å². The Balaban J connectivity index is 1.53. The number of likely N-dealkylation sites (N-methyl/N-ethyl adjacent to an activating group) is 1. The van der Waals surface area contributed by atoms with Gasteiger partial charge in [0, 0.05) is 39.3 Å². The Bertz CT molecular complexity index is 878. The van der Waals surface area contributed by atoms with Crippen LogP contribution in [0, 0.1) is 0 Å². The fourth-order valence-electron chi connectivity index (χ4n) is 3.85. The van der Waals surface area contributed by atoms with Crippen LogP contribution in [-0.2, 0) is 9.59 Å². The first-order chi connectivity index (χ1) is 15.5. The number of rotatable bonds is 9. The lowest BCUT2D eigenvalue weighted by Crippen LogP contribution is -2.54. The monoisotopic (exact) mass is 438 g/mol. The molecular formula is C25H34N4O3. The molecule has 2 aromatic rings. The molecule has 172 valence electrons. The normalized spacial score (nSPS) is 15.7. The first kappa shape index (κ1) is 23.8. The zero-order valence-electron chi connectivity index (χ0n) is 19.3. The number of anilines is 1. The van der Waals surface area contributed by atoms with Crippen molar-refractivity contribution in [2.75, 3.05) is 51.1 Å². The maximum atomic E-state index is 13.0. The topological polar surface area (TPSA) is 65.1 Å². The molecule has 7 nitrogen and oxygen atoms in total. The molecular weight excluding hydrogens is 404 g/mol. The summed E-state index contributed by atoms with van der Waals surface area (Å²) in [4.78, 5) is 31.5. The highest BCUT2D eigenvalue weighted by atomic mass is 16.5. The molecule has 2 aromatic carbocycles. The number of para-hydroxylation sites is 3. The van der Waals surface area contributed by atoms with Crippen LogP contribution in [0.2, 0.25) is 0 Å². The highest BCUT2D eigenvalue weighted by Crippen LogP contribution is 2.29. The van der Waals surface area contributed by atoms with E-state index < -0.39 is 0 Å². The predicted octanol–water partition coefficient (Wildman–Crippen LogP) is 3.29. The second-order valence-corrected chi connectivity index (χ2v) is 7.95. The molecule has 1 atom stereocenters. The second-order valence-electron chi connectivity index (χ2n) is 7.95. The lowest BCUT2D eigenvalue weighted by molar-refractivity contribution is -0.133. The van der Waals surface area contributed by atoms with Gasteiger partial charge in [-0.05, 0) is 45.0 Å². The molecule has 1 aliphatic rings. The molecule has 32 heavy (non-hydrogen) atoms. The number of ether oxygens (including phenoxy) is 1. The number of benzene rings is 2. The van der Waals surface area contributed by atoms with E-state index in [1.165, 1.54) is 0 Å². The van der Waals surface area contributed by atoms with Crippen LogP contribution in [0.1, 0.15) is 20.8 Å². The lowest BCUT2D eigenvalue weighted by atomic mass is 10.2. The minimum Gasteiger partial charge on any atom is -0.455 e. The number of nitrogens with zero attached hydrogens (tertiary/aromatic N) is 3. The van der Waals surface area contributed by atoms with Crippen LogP contribution in [0.3, 0.4) is 0 Å². The molecule has 0 radical (unpaired) electrons. The number of nitrogens with one attached hydrogen (secondary N) is 1. The standard InChI is InChI=1S/C25H34N4O3/c1-4-28(5-2)24(30)19-27-15-17-29(18-16-27)20(3)25(31)26-22-13-9-10-14-23(22)32-21-11-7-6-8-12-21/h6-14,20H,4-5,15-19H2,1-3H3,(H,26,31). The highest BCUT2D eigenvalue weighted by molar-refractivity contribution is 5.95. The number of amides is 2. The van der Waals surface area contributed by atoms with Crippen molar-refractivity contribution in [3.05, 3.63) is 54.6 Å². The van der Waals surface area contributed by atoms with Gasteiger partial charge in [0.2, 0.25) is 11.8 Å². The van der Waals surface area contributed by atoms with Gasteiger partial charge in [-0.1, -0.05) is 30.3 Å². The van der Waals surface area contributed by atoms with Crippen LogP contribution >= 0.6 is 0 Å². The van der Waals surface area contributed by atoms with E-state index in [1.54, 1.807) is 0 Å². The summed E-state index contributed by atoms with van der Waals surface area (Å²) in [5.41, 5.74) is 0.650. The van der Waals surface area contributed by atoms with E-state index >= 15 is 0 Å². The molecule has 1 saturated heterocycles. The summed E-state index contributed by atoms with van der Waals surface area (Å²) in [5, 5.41) is 3.02. The van der Waals surface area contributed by atoms with E-state index in [-0.39, 0.29) is 17.9 Å². The van der Waals surface area contributed by atoms with Gasteiger partial charge in [-0.15, -0.1) is 0 Å². The van der Waals surface area contributed by atoms with Gasteiger partial charge in [0.15, 0.2) is 5.75 Å². The zero-order chi connectivity index (χ0) is 22.9. The van der Waals surface area contributed by atoms with Crippen LogP contribution in [0.25, 0.3) is 0 Å². The summed E-state index contributed by atoms with van der Waals surface area (Å²) in [6.45, 7) is 10.9. The molecule has 0 aliphatic carbocycles. The van der Waals surface area contributed by atoms with Crippen molar-refractivity contribution in [1.82, 2.24) is 14.7 Å². The van der Waals surface area contributed by atoms with Crippen molar-refractivity contribution in [3.8, 4) is 11.5 Å². The van der Waals surface area contributed by atoms with E-state index in [2.05, 4.69) is 15.1 Å². The van der Waals surface area contributed by atoms with Gasteiger partial charge >= 0.3 is 0 Å². The molecule has 2 amide bonds. The molecule has 1 heterocycles. The summed E-state index contributed by atoms with van der Waals surface area (Å²) in [6.07, 6.45) is 0. The van der Waals surface area contributed by atoms with Crippen molar-refractivity contribution in [2.45, 2.75) is 26.8 Å². The third-order valence-electron chi connectivity index (χ3n) is 5.93. The van der Waals surface area contributed by atoms with Crippen molar-refractivity contribution >= 4 is 17.5 Å². The Labute approximate surface area is 190 Å². The van der Waals surface area contributed by atoms with Crippen molar-refractivity contribution in [1.29, 1.82) is 0 Å². The van der Waals surface area contributed by atoms with Gasteiger partial charge in [-0.3, -0.25) is 19.4 Å². The third-order valence-corrected chi connectivity index (χ3v) is 5.93. The van der Waals surface area contributed by atoms with Crippen molar-refractivity contribution in [2.24, 2.45) is 0 Å². The Kier molecular flexibility index (Phi) is 8.64. The molecule has 1 aliphatic heterocycles. The average molecular weight is 439 g/mol. The average Bonchev–Trinajstić information content (AvgIpc) is 2.82. The molecule has 1 unspecified atom stereocenters. The van der Waals surface area contributed by atoms with Gasteiger partial charge in [-0.2, -0.15) is 0 Å². The number of carbonyl (C=O) groups excluding carboxylic acids is 2. The van der Waals surface area contributed by atoms with Gasteiger partial charge in [0.05, 0.1) is 18.3 Å². The maximum Gasteiger partial charge on any atom is 0.241 e. The lowest BCUT2D eigenvalue weighted by Gasteiger charge is -2.37. The molecule has 0 spiro atoms. The Morgan fingerprint density at radius 3 is 2.25 bits per heavy atom. The fourth-order valence-corrected chi connectivity index (χ4v) is 3.85. The highest BCUT2D eigenvalue weighted by Gasteiger charge is 2.27. The Hall–Kier alpha value is -2.90. The van der Waals surface area contributed by atoms with E-state index in [4.69, 9.17) is 4.74 Å². The maximum absolute atomic E-state index is 13.0. The molecule has 7 heteroatoms. The van der Waals surface area contributed by atoms with Crippen LogP contribution in [0.5, 0.6) is 11.5 Å².